The van der Waals surface area contributed by atoms with Gasteiger partial charge in [0.2, 0.25) is 0 Å². The first-order valence-corrected chi connectivity index (χ1v) is 6.86. The lowest BCUT2D eigenvalue weighted by molar-refractivity contribution is -0.138. The van der Waals surface area contributed by atoms with Gasteiger partial charge in [-0.25, -0.2) is 4.99 Å². The van der Waals surface area contributed by atoms with Crippen molar-refractivity contribution < 1.29 is 14.3 Å². The molecule has 0 spiro atoms. The van der Waals surface area contributed by atoms with Gasteiger partial charge < -0.3 is 14.4 Å². The van der Waals surface area contributed by atoms with Crippen molar-refractivity contribution in [3.63, 3.8) is 0 Å². The summed E-state index contributed by atoms with van der Waals surface area (Å²) in [6.07, 6.45) is 1.12. The zero-order valence-corrected chi connectivity index (χ0v) is 10.6. The quantitative estimate of drug-likeness (QED) is 0.804. The number of carbonyl (C=O) groups excluding carboxylic acids is 1. The fourth-order valence-corrected chi connectivity index (χ4v) is 2.86. The molecule has 96 valence electrons. The summed E-state index contributed by atoms with van der Waals surface area (Å²) in [4.78, 5) is 18.4. The normalized spacial score (nSPS) is 27.2. The second-order valence-corrected chi connectivity index (χ2v) is 5.03. The third-order valence-corrected chi connectivity index (χ3v) is 3.86. The van der Waals surface area contributed by atoms with Crippen LogP contribution >= 0.6 is 11.3 Å². The van der Waals surface area contributed by atoms with Gasteiger partial charge in [-0.05, 0) is 16.8 Å². The molecule has 5 nitrogen and oxygen atoms in total. The number of rotatable bonds is 2. The molecule has 0 N–H and O–H groups in total. The lowest BCUT2D eigenvalue weighted by Crippen LogP contribution is -2.46. The van der Waals surface area contributed by atoms with E-state index in [-0.39, 0.29) is 12.0 Å². The van der Waals surface area contributed by atoms with Crippen LogP contribution in [0.25, 0.3) is 0 Å². The van der Waals surface area contributed by atoms with E-state index in [2.05, 4.69) is 4.99 Å². The molecule has 0 aliphatic carbocycles. The lowest BCUT2D eigenvalue weighted by Gasteiger charge is -2.29. The summed E-state index contributed by atoms with van der Waals surface area (Å²) in [7, 11) is 0. The summed E-state index contributed by atoms with van der Waals surface area (Å²) >= 11 is 1.60. The monoisotopic (exact) mass is 266 g/mol. The highest BCUT2D eigenvalue weighted by molar-refractivity contribution is 7.08. The van der Waals surface area contributed by atoms with Crippen LogP contribution in [0.1, 0.15) is 11.7 Å². The van der Waals surface area contributed by atoms with Crippen molar-refractivity contribution in [3.8, 4) is 0 Å². The minimum absolute atomic E-state index is 0.0308. The molecule has 2 atom stereocenters. The van der Waals surface area contributed by atoms with Crippen molar-refractivity contribution in [2.24, 2.45) is 4.99 Å². The molecule has 2 aliphatic rings. The van der Waals surface area contributed by atoms with Crippen LogP contribution in [0.15, 0.2) is 21.8 Å². The van der Waals surface area contributed by atoms with Gasteiger partial charge in [0.25, 0.3) is 5.91 Å². The van der Waals surface area contributed by atoms with Crippen molar-refractivity contribution in [2.75, 3.05) is 26.3 Å². The Morgan fingerprint density at radius 1 is 1.44 bits per heavy atom. The fourth-order valence-electron chi connectivity index (χ4n) is 2.18. The van der Waals surface area contributed by atoms with Crippen molar-refractivity contribution in [1.82, 2.24) is 4.90 Å². The van der Waals surface area contributed by atoms with E-state index < -0.39 is 6.04 Å². The SMILES string of the molecule is O=C(C1N=CO[C@H]1c1ccsc1)N1CCOCC1. The van der Waals surface area contributed by atoms with E-state index >= 15 is 0 Å². The van der Waals surface area contributed by atoms with E-state index in [1.165, 1.54) is 6.40 Å². The Morgan fingerprint density at radius 2 is 2.28 bits per heavy atom. The van der Waals surface area contributed by atoms with Crippen LogP contribution in [0.4, 0.5) is 0 Å². The predicted octanol–water partition coefficient (Wildman–Crippen LogP) is 1.08. The molecule has 1 unspecified atom stereocenters. The van der Waals surface area contributed by atoms with Crippen LogP contribution in [0.5, 0.6) is 0 Å². The molecule has 1 saturated heterocycles. The average Bonchev–Trinajstić information content (AvgIpc) is 3.09. The molecule has 6 heteroatoms. The molecule has 1 amide bonds. The van der Waals surface area contributed by atoms with Crippen LogP contribution in [-0.4, -0.2) is 49.6 Å². The summed E-state index contributed by atoms with van der Waals surface area (Å²) in [5.74, 6) is 0.0308. The van der Waals surface area contributed by atoms with E-state index in [4.69, 9.17) is 9.47 Å². The molecule has 0 radical (unpaired) electrons. The Morgan fingerprint density at radius 3 is 3.00 bits per heavy atom. The maximum absolute atomic E-state index is 12.4. The van der Waals surface area contributed by atoms with Gasteiger partial charge in [0.05, 0.1) is 13.2 Å². The Balaban J connectivity index is 1.73. The molecule has 1 fully saturated rings. The summed E-state index contributed by atoms with van der Waals surface area (Å²) in [6, 6.07) is 1.53. The standard InChI is InChI=1S/C12H14N2O3S/c15-12(14-2-4-16-5-3-14)10-11(17-8-13-10)9-1-6-18-7-9/h1,6-8,10-11H,2-5H2/t10?,11-/m0/s1. The number of nitrogens with zero attached hydrogens (tertiary/aromatic N) is 2. The number of thiophene rings is 1. The molecule has 18 heavy (non-hydrogen) atoms. The van der Waals surface area contributed by atoms with Gasteiger partial charge in [-0.2, -0.15) is 11.3 Å². The number of hydrogen-bond acceptors (Lipinski definition) is 5. The molecule has 0 bridgehead atoms. The smallest absolute Gasteiger partial charge is 0.251 e. The zero-order chi connectivity index (χ0) is 12.4. The Hall–Kier alpha value is -1.40. The summed E-state index contributed by atoms with van der Waals surface area (Å²) < 4.78 is 10.7. The van der Waals surface area contributed by atoms with E-state index in [1.807, 2.05) is 16.8 Å². The second kappa shape index (κ2) is 5.07. The van der Waals surface area contributed by atoms with Gasteiger partial charge in [0.15, 0.2) is 18.5 Å². The van der Waals surface area contributed by atoms with Crippen molar-refractivity contribution in [2.45, 2.75) is 12.1 Å². The maximum atomic E-state index is 12.4. The number of amides is 1. The van der Waals surface area contributed by atoms with E-state index in [0.29, 0.717) is 26.3 Å². The third-order valence-electron chi connectivity index (χ3n) is 3.16. The molecule has 3 rings (SSSR count). The van der Waals surface area contributed by atoms with Gasteiger partial charge in [0, 0.05) is 18.7 Å². The first-order chi connectivity index (χ1) is 8.86. The molecule has 1 aromatic rings. The van der Waals surface area contributed by atoms with Gasteiger partial charge in [-0.15, -0.1) is 0 Å². The topological polar surface area (TPSA) is 51.1 Å². The van der Waals surface area contributed by atoms with Crippen LogP contribution in [0, 0.1) is 0 Å². The van der Waals surface area contributed by atoms with Gasteiger partial charge in [-0.3, -0.25) is 4.79 Å². The van der Waals surface area contributed by atoms with Crippen molar-refractivity contribution in [3.05, 3.63) is 22.4 Å². The van der Waals surface area contributed by atoms with E-state index in [0.717, 1.165) is 5.56 Å². The Labute approximate surface area is 109 Å². The largest absolute Gasteiger partial charge is 0.473 e. The highest BCUT2D eigenvalue weighted by atomic mass is 32.1. The van der Waals surface area contributed by atoms with Crippen LogP contribution in [-0.2, 0) is 14.3 Å². The minimum Gasteiger partial charge on any atom is -0.473 e. The second-order valence-electron chi connectivity index (χ2n) is 4.25. The van der Waals surface area contributed by atoms with Crippen LogP contribution in [0.3, 0.4) is 0 Å². The fraction of sp³-hybridized carbons (Fsp3) is 0.500. The lowest BCUT2D eigenvalue weighted by atomic mass is 10.0. The average molecular weight is 266 g/mol. The number of hydrogen-bond donors (Lipinski definition) is 0. The first kappa shape index (κ1) is 11.7. The molecule has 1 aromatic heterocycles. The van der Waals surface area contributed by atoms with Gasteiger partial charge in [0.1, 0.15) is 0 Å². The van der Waals surface area contributed by atoms with Crippen molar-refractivity contribution >= 4 is 23.6 Å². The Kier molecular flexibility index (Phi) is 3.29. The van der Waals surface area contributed by atoms with E-state index in [1.54, 1.807) is 16.2 Å². The summed E-state index contributed by atoms with van der Waals surface area (Å²) in [5, 5.41) is 3.98. The first-order valence-electron chi connectivity index (χ1n) is 5.92. The maximum Gasteiger partial charge on any atom is 0.251 e. The van der Waals surface area contributed by atoms with Crippen molar-refractivity contribution in [1.29, 1.82) is 0 Å². The molecular weight excluding hydrogens is 252 g/mol. The zero-order valence-electron chi connectivity index (χ0n) is 9.82. The molecule has 3 heterocycles. The van der Waals surface area contributed by atoms with Crippen LogP contribution < -0.4 is 0 Å². The molecular formula is C12H14N2O3S. The Bertz CT molecular complexity index is 440. The molecule has 2 aliphatic heterocycles. The van der Waals surface area contributed by atoms with Gasteiger partial charge >= 0.3 is 0 Å². The number of carbonyl (C=O) groups is 1. The summed E-state index contributed by atoms with van der Waals surface area (Å²) in [5.41, 5.74) is 1.02. The minimum atomic E-state index is -0.447. The number of ether oxygens (including phenoxy) is 2. The predicted molar refractivity (Wildman–Crippen MR) is 67.8 cm³/mol. The van der Waals surface area contributed by atoms with E-state index in [9.17, 15) is 4.79 Å². The van der Waals surface area contributed by atoms with Gasteiger partial charge in [-0.1, -0.05) is 0 Å². The highest BCUT2D eigenvalue weighted by Gasteiger charge is 2.37. The molecule has 0 aromatic carbocycles. The number of morpholine rings is 1. The molecule has 0 saturated carbocycles. The third kappa shape index (κ3) is 2.13. The summed E-state index contributed by atoms with van der Waals surface area (Å²) in [6.45, 7) is 2.49. The number of aliphatic imine (C=N–C) groups is 1. The van der Waals surface area contributed by atoms with Crippen LogP contribution in [0.2, 0.25) is 0 Å². The highest BCUT2D eigenvalue weighted by Crippen LogP contribution is 2.29.